The number of hydrogen-bond acceptors (Lipinski definition) is 4. The lowest BCUT2D eigenvalue weighted by molar-refractivity contribution is -0.0764. The maximum Gasteiger partial charge on any atom is 0.277 e. The maximum absolute atomic E-state index is 12.5. The van der Waals surface area contributed by atoms with Crippen molar-refractivity contribution < 1.29 is 9.90 Å². The van der Waals surface area contributed by atoms with Gasteiger partial charge in [0.1, 0.15) is 0 Å². The molecule has 5 nitrogen and oxygen atoms in total. The molecule has 0 aliphatic carbocycles. The number of amides is 1. The number of carbonyl (C=O) groups is 1. The first-order chi connectivity index (χ1) is 10.1. The van der Waals surface area contributed by atoms with Crippen molar-refractivity contribution in [3.05, 3.63) is 64.9 Å². The first kappa shape index (κ1) is 13.7. The average Bonchev–Trinajstić information content (AvgIpc) is 2.91. The van der Waals surface area contributed by atoms with Gasteiger partial charge >= 0.3 is 0 Å². The van der Waals surface area contributed by atoms with Gasteiger partial charge in [0.05, 0.1) is 0 Å². The molecule has 0 bridgehead atoms. The van der Waals surface area contributed by atoms with Crippen LogP contribution in [0.25, 0.3) is 0 Å². The van der Waals surface area contributed by atoms with Crippen molar-refractivity contribution in [2.75, 3.05) is 0 Å². The number of aromatic nitrogens is 1. The molecule has 0 spiro atoms. The first-order valence-electron chi connectivity index (χ1n) is 6.37. The predicted octanol–water partition coefficient (Wildman–Crippen LogP) is 2.41. The Bertz CT molecular complexity index is 688. The van der Waals surface area contributed by atoms with Crippen LogP contribution in [0.1, 0.15) is 22.3 Å². The normalized spacial score (nSPS) is 20.8. The molecule has 6 heteroatoms. The number of aliphatic hydroxyl groups is 1. The van der Waals surface area contributed by atoms with E-state index in [9.17, 15) is 9.90 Å². The lowest BCUT2D eigenvalue weighted by Gasteiger charge is -2.31. The number of nitrogens with zero attached hydrogens (tertiary/aromatic N) is 3. The van der Waals surface area contributed by atoms with Crippen LogP contribution in [0.2, 0.25) is 5.02 Å². The Hall–Kier alpha value is -2.24. The highest BCUT2D eigenvalue weighted by Crippen LogP contribution is 2.34. The molecule has 1 atom stereocenters. The van der Waals surface area contributed by atoms with Crippen molar-refractivity contribution in [2.24, 2.45) is 5.10 Å². The molecule has 106 valence electrons. The minimum atomic E-state index is -1.50. The van der Waals surface area contributed by atoms with Crippen molar-refractivity contribution in [3.63, 3.8) is 0 Å². The second kappa shape index (κ2) is 5.27. The van der Waals surface area contributed by atoms with Crippen molar-refractivity contribution in [1.82, 2.24) is 9.99 Å². The minimum absolute atomic E-state index is 0.228. The van der Waals surface area contributed by atoms with Gasteiger partial charge in [-0.2, -0.15) is 10.1 Å². The smallest absolute Gasteiger partial charge is 0.277 e. The van der Waals surface area contributed by atoms with Crippen molar-refractivity contribution in [1.29, 1.82) is 0 Å². The summed E-state index contributed by atoms with van der Waals surface area (Å²) >= 11 is 5.86. The monoisotopic (exact) mass is 301 g/mol. The molecule has 2 aromatic rings. The van der Waals surface area contributed by atoms with Gasteiger partial charge in [0.2, 0.25) is 0 Å². The van der Waals surface area contributed by atoms with Crippen LogP contribution in [0.4, 0.5) is 0 Å². The standard InChI is InChI=1S/C15H12ClN3O2/c16-13-3-1-12(2-4-13)15(21)7-10-18-19(15)14(20)11-5-8-17-9-6-11/h1-6,8-10,21H,7H2/t15-/m0/s1. The van der Waals surface area contributed by atoms with Crippen molar-refractivity contribution in [2.45, 2.75) is 12.1 Å². The molecule has 1 aromatic carbocycles. The van der Waals surface area contributed by atoms with E-state index in [1.165, 1.54) is 18.6 Å². The van der Waals surface area contributed by atoms with E-state index < -0.39 is 5.72 Å². The zero-order valence-corrected chi connectivity index (χ0v) is 11.7. The molecule has 0 saturated heterocycles. The Labute approximate surface area is 126 Å². The molecule has 1 aliphatic rings. The van der Waals surface area contributed by atoms with E-state index in [1.807, 2.05) is 0 Å². The topological polar surface area (TPSA) is 65.8 Å². The van der Waals surface area contributed by atoms with Gasteiger partial charge in [0.25, 0.3) is 5.91 Å². The molecule has 21 heavy (non-hydrogen) atoms. The summed E-state index contributed by atoms with van der Waals surface area (Å²) in [5.74, 6) is -0.386. The van der Waals surface area contributed by atoms with Crippen molar-refractivity contribution >= 4 is 23.7 Å². The fraction of sp³-hybridized carbons (Fsp3) is 0.133. The van der Waals surface area contributed by atoms with E-state index in [0.717, 1.165) is 5.01 Å². The van der Waals surface area contributed by atoms with E-state index in [0.29, 0.717) is 16.1 Å². The summed E-state index contributed by atoms with van der Waals surface area (Å²) in [6, 6.07) is 9.87. The van der Waals surface area contributed by atoms with E-state index in [2.05, 4.69) is 10.1 Å². The molecule has 1 aromatic heterocycles. The molecule has 0 saturated carbocycles. The molecule has 3 rings (SSSR count). The van der Waals surface area contributed by atoms with Crippen LogP contribution >= 0.6 is 11.6 Å². The predicted molar refractivity (Wildman–Crippen MR) is 78.9 cm³/mol. The minimum Gasteiger partial charge on any atom is -0.365 e. The number of rotatable bonds is 2. The number of halogens is 1. The van der Waals surface area contributed by atoms with Crippen LogP contribution in [0.3, 0.4) is 0 Å². The third-order valence-electron chi connectivity index (χ3n) is 3.35. The molecular formula is C15H12ClN3O2. The Balaban J connectivity index is 1.96. The summed E-state index contributed by atoms with van der Waals surface area (Å²) in [6.07, 6.45) is 4.79. The lowest BCUT2D eigenvalue weighted by atomic mass is 9.99. The highest BCUT2D eigenvalue weighted by atomic mass is 35.5. The first-order valence-corrected chi connectivity index (χ1v) is 6.74. The molecule has 1 amide bonds. The van der Waals surface area contributed by atoms with Crippen LogP contribution in [0.15, 0.2) is 53.9 Å². The zero-order chi connectivity index (χ0) is 14.9. The van der Waals surface area contributed by atoms with Crippen LogP contribution in [0, 0.1) is 0 Å². The molecule has 1 N–H and O–H groups in total. The van der Waals surface area contributed by atoms with Gasteiger partial charge in [-0.05, 0) is 24.3 Å². The number of hydrazone groups is 1. The fourth-order valence-electron chi connectivity index (χ4n) is 2.23. The van der Waals surface area contributed by atoms with Crippen LogP contribution in [0.5, 0.6) is 0 Å². The zero-order valence-electron chi connectivity index (χ0n) is 11.0. The van der Waals surface area contributed by atoms with Gasteiger partial charge < -0.3 is 5.11 Å². The SMILES string of the molecule is O=C(c1ccncc1)N1N=CC[C@]1(O)c1ccc(Cl)cc1. The van der Waals surface area contributed by atoms with Gasteiger partial charge in [-0.3, -0.25) is 9.78 Å². The summed E-state index contributed by atoms with van der Waals surface area (Å²) in [5, 5.41) is 16.5. The molecular weight excluding hydrogens is 290 g/mol. The molecule has 0 unspecified atom stereocenters. The van der Waals surface area contributed by atoms with E-state index in [-0.39, 0.29) is 12.3 Å². The second-order valence-corrected chi connectivity index (χ2v) is 5.11. The summed E-state index contributed by atoms with van der Waals surface area (Å²) in [4.78, 5) is 16.4. The third kappa shape index (κ3) is 2.41. The quantitative estimate of drug-likeness (QED) is 0.926. The van der Waals surface area contributed by atoms with Crippen LogP contribution < -0.4 is 0 Å². The van der Waals surface area contributed by atoms with E-state index >= 15 is 0 Å². The fourth-order valence-corrected chi connectivity index (χ4v) is 2.35. The number of pyridine rings is 1. The van der Waals surface area contributed by atoms with Gasteiger partial charge in [-0.15, -0.1) is 0 Å². The molecule has 1 aliphatic heterocycles. The Kier molecular flexibility index (Phi) is 3.45. The highest BCUT2D eigenvalue weighted by molar-refractivity contribution is 6.30. The summed E-state index contributed by atoms with van der Waals surface area (Å²) in [5.41, 5.74) is -0.520. The summed E-state index contributed by atoms with van der Waals surface area (Å²) in [6.45, 7) is 0. The second-order valence-electron chi connectivity index (χ2n) is 4.68. The highest BCUT2D eigenvalue weighted by Gasteiger charge is 2.42. The average molecular weight is 302 g/mol. The van der Waals surface area contributed by atoms with Gasteiger partial charge in [-0.25, -0.2) is 0 Å². The van der Waals surface area contributed by atoms with Gasteiger partial charge in [-0.1, -0.05) is 23.7 Å². The number of carbonyl (C=O) groups excluding carboxylic acids is 1. The van der Waals surface area contributed by atoms with E-state index in [1.54, 1.807) is 36.4 Å². The summed E-state index contributed by atoms with van der Waals surface area (Å²) < 4.78 is 0. The molecule has 0 fully saturated rings. The Morgan fingerprint density at radius 1 is 1.19 bits per heavy atom. The third-order valence-corrected chi connectivity index (χ3v) is 3.60. The Morgan fingerprint density at radius 2 is 1.86 bits per heavy atom. The van der Waals surface area contributed by atoms with Crippen LogP contribution in [-0.4, -0.2) is 27.2 Å². The molecule has 0 radical (unpaired) electrons. The van der Waals surface area contributed by atoms with Crippen LogP contribution in [-0.2, 0) is 5.72 Å². The molecule has 2 heterocycles. The number of hydrogen-bond donors (Lipinski definition) is 1. The Morgan fingerprint density at radius 3 is 2.52 bits per heavy atom. The maximum atomic E-state index is 12.5. The summed E-state index contributed by atoms with van der Waals surface area (Å²) in [7, 11) is 0. The van der Waals surface area contributed by atoms with E-state index in [4.69, 9.17) is 11.6 Å². The number of benzene rings is 1. The lowest BCUT2D eigenvalue weighted by Crippen LogP contribution is -2.43. The van der Waals surface area contributed by atoms with Crippen molar-refractivity contribution in [3.8, 4) is 0 Å². The van der Waals surface area contributed by atoms with Gasteiger partial charge in [0, 0.05) is 41.2 Å². The largest absolute Gasteiger partial charge is 0.365 e. The van der Waals surface area contributed by atoms with Gasteiger partial charge in [0.15, 0.2) is 5.72 Å².